The predicted octanol–water partition coefficient (Wildman–Crippen LogP) is 2.45. The second-order valence-corrected chi connectivity index (χ2v) is 9.08. The number of rotatable bonds is 5. The SMILES string of the molecule is COc1ccc(CN2CCc3nc([C@@H]4CCN(C(=O)C5CCC5)C4)[nH]c(=O)c3C2)cc1. The zero-order valence-corrected chi connectivity index (χ0v) is 18.1. The van der Waals surface area contributed by atoms with Gasteiger partial charge in [-0.05, 0) is 37.0 Å². The van der Waals surface area contributed by atoms with Gasteiger partial charge in [0.2, 0.25) is 5.91 Å². The van der Waals surface area contributed by atoms with E-state index in [9.17, 15) is 9.59 Å². The molecule has 1 aromatic carbocycles. The molecule has 1 amide bonds. The fourth-order valence-electron chi connectivity index (χ4n) is 4.91. The van der Waals surface area contributed by atoms with Gasteiger partial charge in [0.15, 0.2) is 0 Å². The van der Waals surface area contributed by atoms with Crippen LogP contribution < -0.4 is 10.3 Å². The molecule has 0 radical (unpaired) electrons. The number of nitrogens with zero attached hydrogens (tertiary/aromatic N) is 3. The van der Waals surface area contributed by atoms with E-state index in [0.29, 0.717) is 19.0 Å². The van der Waals surface area contributed by atoms with Crippen LogP contribution in [0.15, 0.2) is 29.1 Å². The van der Waals surface area contributed by atoms with E-state index in [4.69, 9.17) is 9.72 Å². The number of hydrogen-bond donors (Lipinski definition) is 1. The molecule has 7 nitrogen and oxygen atoms in total. The number of aromatic nitrogens is 2. The lowest BCUT2D eigenvalue weighted by Gasteiger charge is -2.29. The molecular weight excluding hydrogens is 392 g/mol. The van der Waals surface area contributed by atoms with Crippen LogP contribution in [0.4, 0.5) is 0 Å². The summed E-state index contributed by atoms with van der Waals surface area (Å²) in [6.07, 6.45) is 4.88. The van der Waals surface area contributed by atoms with Crippen LogP contribution in [-0.2, 0) is 24.3 Å². The van der Waals surface area contributed by atoms with Crippen LogP contribution in [0.3, 0.4) is 0 Å². The van der Waals surface area contributed by atoms with E-state index in [2.05, 4.69) is 22.0 Å². The van der Waals surface area contributed by atoms with E-state index < -0.39 is 0 Å². The molecule has 7 heteroatoms. The van der Waals surface area contributed by atoms with Crippen molar-refractivity contribution in [1.82, 2.24) is 19.8 Å². The van der Waals surface area contributed by atoms with Crippen molar-refractivity contribution >= 4 is 5.91 Å². The second kappa shape index (κ2) is 8.46. The number of aromatic amines is 1. The van der Waals surface area contributed by atoms with Crippen molar-refractivity contribution in [3.05, 3.63) is 57.3 Å². The van der Waals surface area contributed by atoms with E-state index in [1.807, 2.05) is 17.0 Å². The summed E-state index contributed by atoms with van der Waals surface area (Å²) in [4.78, 5) is 37.6. The third-order valence-electron chi connectivity index (χ3n) is 7.07. The van der Waals surface area contributed by atoms with Gasteiger partial charge in [0.05, 0.1) is 18.4 Å². The van der Waals surface area contributed by atoms with Crippen molar-refractivity contribution in [2.24, 2.45) is 5.92 Å². The molecule has 1 saturated heterocycles. The Hall–Kier alpha value is -2.67. The van der Waals surface area contributed by atoms with Crippen LogP contribution >= 0.6 is 0 Å². The van der Waals surface area contributed by atoms with Gasteiger partial charge in [0.1, 0.15) is 11.6 Å². The van der Waals surface area contributed by atoms with Crippen LogP contribution in [0, 0.1) is 5.92 Å². The summed E-state index contributed by atoms with van der Waals surface area (Å²) in [6, 6.07) is 8.07. The first-order valence-electron chi connectivity index (χ1n) is 11.4. The van der Waals surface area contributed by atoms with Gasteiger partial charge in [-0.2, -0.15) is 0 Å². The van der Waals surface area contributed by atoms with Gasteiger partial charge >= 0.3 is 0 Å². The molecule has 3 aliphatic rings. The third-order valence-corrected chi connectivity index (χ3v) is 7.07. The van der Waals surface area contributed by atoms with Crippen molar-refractivity contribution in [3.8, 4) is 5.75 Å². The number of fused-ring (bicyclic) bond motifs is 1. The number of H-pyrrole nitrogens is 1. The van der Waals surface area contributed by atoms with Crippen molar-refractivity contribution in [3.63, 3.8) is 0 Å². The first-order valence-corrected chi connectivity index (χ1v) is 11.4. The van der Waals surface area contributed by atoms with Gasteiger partial charge in [-0.1, -0.05) is 18.6 Å². The van der Waals surface area contributed by atoms with E-state index >= 15 is 0 Å². The maximum absolute atomic E-state index is 12.9. The summed E-state index contributed by atoms with van der Waals surface area (Å²) in [5, 5.41) is 0. The van der Waals surface area contributed by atoms with E-state index in [0.717, 1.165) is 68.1 Å². The van der Waals surface area contributed by atoms with Crippen LogP contribution in [-0.4, -0.2) is 52.4 Å². The molecule has 31 heavy (non-hydrogen) atoms. The first-order chi connectivity index (χ1) is 15.1. The van der Waals surface area contributed by atoms with E-state index in [-0.39, 0.29) is 17.4 Å². The Morgan fingerprint density at radius 2 is 2.00 bits per heavy atom. The van der Waals surface area contributed by atoms with E-state index in [1.54, 1.807) is 7.11 Å². The molecule has 0 bridgehead atoms. The first kappa shape index (κ1) is 20.2. The molecule has 1 aliphatic carbocycles. The summed E-state index contributed by atoms with van der Waals surface area (Å²) in [6.45, 7) is 3.75. The fraction of sp³-hybridized carbons (Fsp3) is 0.542. The summed E-state index contributed by atoms with van der Waals surface area (Å²) in [5.74, 6) is 2.27. The summed E-state index contributed by atoms with van der Waals surface area (Å²) < 4.78 is 5.23. The van der Waals surface area contributed by atoms with Gasteiger partial charge in [-0.25, -0.2) is 4.98 Å². The van der Waals surface area contributed by atoms with Crippen molar-refractivity contribution in [1.29, 1.82) is 0 Å². The lowest BCUT2D eigenvalue weighted by Crippen LogP contribution is -2.38. The number of ether oxygens (including phenoxy) is 1. The zero-order valence-electron chi connectivity index (χ0n) is 18.1. The smallest absolute Gasteiger partial charge is 0.255 e. The number of carbonyl (C=O) groups is 1. The van der Waals surface area contributed by atoms with Crippen LogP contribution in [0.5, 0.6) is 5.75 Å². The fourth-order valence-corrected chi connectivity index (χ4v) is 4.91. The van der Waals surface area contributed by atoms with Crippen LogP contribution in [0.2, 0.25) is 0 Å². The molecule has 164 valence electrons. The molecule has 2 aliphatic heterocycles. The zero-order chi connectivity index (χ0) is 21.4. The van der Waals surface area contributed by atoms with Gasteiger partial charge < -0.3 is 14.6 Å². The minimum Gasteiger partial charge on any atom is -0.497 e. The highest BCUT2D eigenvalue weighted by Crippen LogP contribution is 2.32. The highest BCUT2D eigenvalue weighted by molar-refractivity contribution is 5.80. The Bertz CT molecular complexity index is 1010. The molecule has 0 spiro atoms. The molecule has 1 atom stereocenters. The number of hydrogen-bond acceptors (Lipinski definition) is 5. The molecular formula is C24H30N4O3. The van der Waals surface area contributed by atoms with Gasteiger partial charge in [-0.3, -0.25) is 14.5 Å². The summed E-state index contributed by atoms with van der Waals surface area (Å²) >= 11 is 0. The Kier molecular flexibility index (Phi) is 5.52. The van der Waals surface area contributed by atoms with Gasteiger partial charge in [0, 0.05) is 51.0 Å². The highest BCUT2D eigenvalue weighted by atomic mass is 16.5. The molecule has 1 N–H and O–H groups in total. The molecule has 3 heterocycles. The van der Waals surface area contributed by atoms with Crippen LogP contribution in [0.25, 0.3) is 0 Å². The summed E-state index contributed by atoms with van der Waals surface area (Å²) in [7, 11) is 1.67. The van der Waals surface area contributed by atoms with Gasteiger partial charge in [0.25, 0.3) is 5.56 Å². The van der Waals surface area contributed by atoms with Gasteiger partial charge in [-0.15, -0.1) is 0 Å². The number of nitrogens with one attached hydrogen (secondary N) is 1. The number of likely N-dealkylation sites (tertiary alicyclic amines) is 1. The molecule has 1 aromatic heterocycles. The molecule has 2 fully saturated rings. The Labute approximate surface area is 182 Å². The maximum atomic E-state index is 12.9. The minimum absolute atomic E-state index is 0.0248. The maximum Gasteiger partial charge on any atom is 0.255 e. The Balaban J connectivity index is 1.25. The predicted molar refractivity (Wildman–Crippen MR) is 117 cm³/mol. The third kappa shape index (κ3) is 4.11. The monoisotopic (exact) mass is 422 g/mol. The van der Waals surface area contributed by atoms with E-state index in [1.165, 1.54) is 12.0 Å². The lowest BCUT2D eigenvalue weighted by molar-refractivity contribution is -0.137. The lowest BCUT2D eigenvalue weighted by atomic mass is 9.84. The largest absolute Gasteiger partial charge is 0.497 e. The number of methoxy groups -OCH3 is 1. The minimum atomic E-state index is -0.0248. The average molecular weight is 423 g/mol. The molecule has 2 aromatic rings. The molecule has 1 saturated carbocycles. The van der Waals surface area contributed by atoms with Crippen molar-refractivity contribution in [2.45, 2.75) is 51.1 Å². The topological polar surface area (TPSA) is 78.5 Å². The highest BCUT2D eigenvalue weighted by Gasteiger charge is 2.35. The molecule has 0 unspecified atom stereocenters. The standard InChI is InChI=1S/C24H30N4O3/c1-31-19-7-5-16(6-8-19)13-27-11-10-21-20(15-27)23(29)26-22(25-21)18-9-12-28(14-18)24(30)17-3-2-4-17/h5-8,17-18H,2-4,9-15H2,1H3,(H,25,26,29)/t18-/m1/s1. The average Bonchev–Trinajstić information content (AvgIpc) is 3.24. The number of carbonyl (C=O) groups excluding carboxylic acids is 1. The van der Waals surface area contributed by atoms with Crippen LogP contribution in [0.1, 0.15) is 54.2 Å². The van der Waals surface area contributed by atoms with Crippen molar-refractivity contribution < 1.29 is 9.53 Å². The second-order valence-electron chi connectivity index (χ2n) is 9.08. The Morgan fingerprint density at radius 1 is 1.19 bits per heavy atom. The summed E-state index contributed by atoms with van der Waals surface area (Å²) in [5.41, 5.74) is 2.88. The number of benzene rings is 1. The normalized spacial score (nSPS) is 21.6. The quantitative estimate of drug-likeness (QED) is 0.801. The number of amides is 1. The molecule has 5 rings (SSSR count). The Morgan fingerprint density at radius 3 is 2.71 bits per heavy atom. The van der Waals surface area contributed by atoms with Crippen molar-refractivity contribution in [2.75, 3.05) is 26.7 Å².